The van der Waals surface area contributed by atoms with Gasteiger partial charge in [0.25, 0.3) is 0 Å². The predicted molar refractivity (Wildman–Crippen MR) is 120 cm³/mol. The van der Waals surface area contributed by atoms with Crippen LogP contribution in [0.3, 0.4) is 0 Å². The van der Waals surface area contributed by atoms with Gasteiger partial charge in [0, 0.05) is 43.9 Å². The number of aromatic nitrogens is 2. The second kappa shape index (κ2) is 10.0. The Hall–Kier alpha value is -2.74. The molecule has 2 N–H and O–H groups in total. The molecule has 0 spiro atoms. The van der Waals surface area contributed by atoms with Crippen LogP contribution in [0.25, 0.3) is 0 Å². The summed E-state index contributed by atoms with van der Waals surface area (Å²) in [6, 6.07) is 7.52. The molecule has 8 heteroatoms. The predicted octanol–water partition coefficient (Wildman–Crippen LogP) is 4.10. The lowest BCUT2D eigenvalue weighted by Crippen LogP contribution is -2.42. The molecule has 1 aromatic carbocycles. The van der Waals surface area contributed by atoms with Gasteiger partial charge in [0.2, 0.25) is 0 Å². The van der Waals surface area contributed by atoms with Crippen molar-refractivity contribution < 1.29 is 13.9 Å². The number of nitrogens with one attached hydrogen (secondary N) is 2. The van der Waals surface area contributed by atoms with Crippen LogP contribution in [0.2, 0.25) is 0 Å². The Balaban J connectivity index is 1.62. The topological polar surface area (TPSA) is 79.4 Å². The van der Waals surface area contributed by atoms with Crippen LogP contribution in [0, 0.1) is 11.7 Å². The highest BCUT2D eigenvalue weighted by Gasteiger charge is 2.25. The zero-order chi connectivity index (χ0) is 22.4. The molecule has 1 aliphatic heterocycles. The van der Waals surface area contributed by atoms with E-state index in [9.17, 15) is 9.18 Å². The van der Waals surface area contributed by atoms with E-state index in [1.807, 2.05) is 6.07 Å². The van der Waals surface area contributed by atoms with E-state index >= 15 is 0 Å². The first-order valence-corrected chi connectivity index (χ1v) is 10.7. The third-order valence-corrected chi connectivity index (χ3v) is 5.21. The minimum atomic E-state index is -0.381. The number of benzene rings is 1. The number of halogens is 1. The molecule has 7 nitrogen and oxygen atoms in total. The van der Waals surface area contributed by atoms with Crippen LogP contribution in [0.15, 0.2) is 30.3 Å². The monoisotopic (exact) mass is 429 g/mol. The van der Waals surface area contributed by atoms with Gasteiger partial charge in [0.15, 0.2) is 0 Å². The average molecular weight is 430 g/mol. The number of nitrogens with zero attached hydrogens (tertiary/aromatic N) is 3. The number of anilines is 2. The average Bonchev–Trinajstić information content (AvgIpc) is 2.72. The SMILES string of the molecule is COCc1cc(N2CCCC(CNC(=O)Nc3cccc(F)c3)C2)nc(C(C)(C)C)n1. The van der Waals surface area contributed by atoms with E-state index in [1.54, 1.807) is 19.2 Å². The molecule has 1 unspecified atom stereocenters. The summed E-state index contributed by atoms with van der Waals surface area (Å²) in [5, 5.41) is 5.58. The first-order chi connectivity index (χ1) is 14.7. The summed E-state index contributed by atoms with van der Waals surface area (Å²) >= 11 is 0. The standard InChI is InChI=1S/C23H32FN5O2/c1-23(2,3)21-26-19(15-31-4)12-20(28-21)29-10-6-7-16(14-29)13-25-22(30)27-18-9-5-8-17(24)11-18/h5,8-9,11-12,16H,6-7,10,13-15H2,1-4H3,(H2,25,27,30). The second-order valence-electron chi connectivity index (χ2n) is 9.02. The fourth-order valence-corrected chi connectivity index (χ4v) is 3.62. The van der Waals surface area contributed by atoms with Crippen molar-refractivity contribution in [3.8, 4) is 0 Å². The van der Waals surface area contributed by atoms with Crippen molar-refractivity contribution in [2.24, 2.45) is 5.92 Å². The van der Waals surface area contributed by atoms with Gasteiger partial charge >= 0.3 is 6.03 Å². The molecule has 0 aliphatic carbocycles. The van der Waals surface area contributed by atoms with Crippen molar-refractivity contribution in [3.05, 3.63) is 47.7 Å². The maximum absolute atomic E-state index is 13.3. The molecule has 1 fully saturated rings. The van der Waals surface area contributed by atoms with Gasteiger partial charge in [-0.1, -0.05) is 26.8 Å². The van der Waals surface area contributed by atoms with Gasteiger partial charge in [0.1, 0.15) is 17.5 Å². The van der Waals surface area contributed by atoms with Crippen molar-refractivity contribution in [1.29, 1.82) is 0 Å². The van der Waals surface area contributed by atoms with Crippen LogP contribution >= 0.6 is 0 Å². The number of carbonyl (C=O) groups excluding carboxylic acids is 1. The molecule has 0 radical (unpaired) electrons. The Morgan fingerprint density at radius 2 is 2.10 bits per heavy atom. The normalized spacial score (nSPS) is 16.8. The second-order valence-corrected chi connectivity index (χ2v) is 9.02. The smallest absolute Gasteiger partial charge is 0.319 e. The first kappa shape index (κ1) is 22.9. The molecular weight excluding hydrogens is 397 g/mol. The molecule has 2 amide bonds. The molecular formula is C23H32FN5O2. The Kier molecular flexibility index (Phi) is 7.43. The fraction of sp³-hybridized carbons (Fsp3) is 0.522. The number of urea groups is 1. The van der Waals surface area contributed by atoms with E-state index in [-0.39, 0.29) is 17.3 Å². The molecule has 3 rings (SSSR count). The van der Waals surface area contributed by atoms with Gasteiger partial charge in [-0.3, -0.25) is 0 Å². The van der Waals surface area contributed by atoms with E-state index in [0.29, 0.717) is 24.8 Å². The summed E-state index contributed by atoms with van der Waals surface area (Å²) in [6.45, 7) is 9.00. The van der Waals surface area contributed by atoms with E-state index in [2.05, 4.69) is 41.3 Å². The van der Waals surface area contributed by atoms with E-state index in [1.165, 1.54) is 12.1 Å². The van der Waals surface area contributed by atoms with Gasteiger partial charge in [-0.2, -0.15) is 0 Å². The Labute approximate surface area is 183 Å². The maximum atomic E-state index is 13.3. The Bertz CT molecular complexity index is 900. The molecule has 2 aromatic rings. The molecule has 0 bridgehead atoms. The summed E-state index contributed by atoms with van der Waals surface area (Å²) in [5.74, 6) is 1.62. The summed E-state index contributed by atoms with van der Waals surface area (Å²) in [7, 11) is 1.66. The zero-order valence-electron chi connectivity index (χ0n) is 18.7. The molecule has 1 aromatic heterocycles. The molecule has 31 heavy (non-hydrogen) atoms. The summed E-state index contributed by atoms with van der Waals surface area (Å²) in [6.07, 6.45) is 2.05. The van der Waals surface area contributed by atoms with Crippen molar-refractivity contribution in [2.45, 2.75) is 45.6 Å². The number of ether oxygens (including phenoxy) is 1. The van der Waals surface area contributed by atoms with Gasteiger partial charge < -0.3 is 20.3 Å². The number of hydrogen-bond acceptors (Lipinski definition) is 5. The quantitative estimate of drug-likeness (QED) is 0.723. The van der Waals surface area contributed by atoms with Crippen LogP contribution < -0.4 is 15.5 Å². The highest BCUT2D eigenvalue weighted by molar-refractivity contribution is 5.89. The van der Waals surface area contributed by atoms with Gasteiger partial charge in [-0.15, -0.1) is 0 Å². The molecule has 1 saturated heterocycles. The molecule has 168 valence electrons. The van der Waals surface area contributed by atoms with E-state index in [4.69, 9.17) is 9.72 Å². The van der Waals surface area contributed by atoms with E-state index < -0.39 is 0 Å². The largest absolute Gasteiger partial charge is 0.378 e. The van der Waals surface area contributed by atoms with Crippen LogP contribution in [0.4, 0.5) is 20.7 Å². The third-order valence-electron chi connectivity index (χ3n) is 5.21. The van der Waals surface area contributed by atoms with Crippen molar-refractivity contribution >= 4 is 17.5 Å². The zero-order valence-corrected chi connectivity index (χ0v) is 18.7. The summed E-state index contributed by atoms with van der Waals surface area (Å²) < 4.78 is 18.6. The Morgan fingerprint density at radius 1 is 1.29 bits per heavy atom. The van der Waals surface area contributed by atoms with Crippen LogP contribution in [0.5, 0.6) is 0 Å². The molecule has 2 heterocycles. The molecule has 1 atom stereocenters. The van der Waals surface area contributed by atoms with Crippen LogP contribution in [0.1, 0.15) is 45.1 Å². The summed E-state index contributed by atoms with van der Waals surface area (Å²) in [5.41, 5.74) is 1.14. The highest BCUT2D eigenvalue weighted by Crippen LogP contribution is 2.26. The maximum Gasteiger partial charge on any atom is 0.319 e. The number of methoxy groups -OCH3 is 1. The van der Waals surface area contributed by atoms with Crippen molar-refractivity contribution in [1.82, 2.24) is 15.3 Å². The first-order valence-electron chi connectivity index (χ1n) is 10.7. The summed E-state index contributed by atoms with van der Waals surface area (Å²) in [4.78, 5) is 23.9. The third kappa shape index (κ3) is 6.62. The number of carbonyl (C=O) groups is 1. The number of hydrogen-bond donors (Lipinski definition) is 2. The minimum Gasteiger partial charge on any atom is -0.378 e. The van der Waals surface area contributed by atoms with Crippen LogP contribution in [-0.4, -0.2) is 42.7 Å². The lowest BCUT2D eigenvalue weighted by molar-refractivity contribution is 0.181. The van der Waals surface area contributed by atoms with Gasteiger partial charge in [0.05, 0.1) is 12.3 Å². The number of rotatable bonds is 6. The van der Waals surface area contributed by atoms with Crippen molar-refractivity contribution in [2.75, 3.05) is 37.0 Å². The lowest BCUT2D eigenvalue weighted by Gasteiger charge is -2.34. The molecule has 0 saturated carbocycles. The van der Waals surface area contributed by atoms with Gasteiger partial charge in [-0.25, -0.2) is 19.2 Å². The molecule has 1 aliphatic rings. The fourth-order valence-electron chi connectivity index (χ4n) is 3.62. The lowest BCUT2D eigenvalue weighted by atomic mass is 9.95. The Morgan fingerprint density at radius 3 is 2.81 bits per heavy atom. The van der Waals surface area contributed by atoms with Crippen molar-refractivity contribution in [3.63, 3.8) is 0 Å². The minimum absolute atomic E-state index is 0.162. The van der Waals surface area contributed by atoms with Crippen LogP contribution in [-0.2, 0) is 16.8 Å². The van der Waals surface area contributed by atoms with Gasteiger partial charge in [-0.05, 0) is 37.0 Å². The number of amides is 2. The number of piperidine rings is 1. The highest BCUT2D eigenvalue weighted by atomic mass is 19.1. The van der Waals surface area contributed by atoms with E-state index in [0.717, 1.165) is 43.3 Å².